The summed E-state index contributed by atoms with van der Waals surface area (Å²) < 4.78 is 0. The van der Waals surface area contributed by atoms with Crippen molar-refractivity contribution in [1.82, 2.24) is 15.1 Å². The number of hydrogen-bond donors (Lipinski definition) is 1. The minimum Gasteiger partial charge on any atom is -0.336 e. The van der Waals surface area contributed by atoms with E-state index in [2.05, 4.69) is 5.32 Å². The molecule has 5 nitrogen and oxygen atoms in total. The molecular formula is C14H17Cl2N3O2. The van der Waals surface area contributed by atoms with E-state index in [1.54, 1.807) is 12.1 Å². The second-order valence-corrected chi connectivity index (χ2v) is 5.88. The Bertz CT molecular complexity index is 565. The van der Waals surface area contributed by atoms with Crippen molar-refractivity contribution in [3.8, 4) is 0 Å². The maximum Gasteiger partial charge on any atom is 0.324 e. The Hall–Kier alpha value is -1.30. The van der Waals surface area contributed by atoms with Crippen LogP contribution in [0.15, 0.2) is 18.2 Å². The molecule has 3 amide bonds. The average molecular weight is 330 g/mol. The molecule has 0 spiro atoms. The van der Waals surface area contributed by atoms with Gasteiger partial charge in [-0.2, -0.15) is 0 Å². The number of carbonyl (C=O) groups excluding carboxylic acids is 2. The number of benzene rings is 1. The largest absolute Gasteiger partial charge is 0.336 e. The number of nitrogens with one attached hydrogen (secondary N) is 1. The van der Waals surface area contributed by atoms with Gasteiger partial charge in [0.1, 0.15) is 0 Å². The van der Waals surface area contributed by atoms with Gasteiger partial charge in [0.15, 0.2) is 0 Å². The van der Waals surface area contributed by atoms with Crippen LogP contribution in [0, 0.1) is 0 Å². The zero-order valence-corrected chi connectivity index (χ0v) is 13.4. The molecule has 1 aliphatic heterocycles. The molecule has 1 fully saturated rings. The second kappa shape index (κ2) is 6.64. The second-order valence-electron chi connectivity index (χ2n) is 5.03. The van der Waals surface area contributed by atoms with Crippen LogP contribution < -0.4 is 5.32 Å². The lowest BCUT2D eigenvalue weighted by Gasteiger charge is -2.26. The van der Waals surface area contributed by atoms with Crippen molar-refractivity contribution in [2.45, 2.75) is 13.0 Å². The summed E-state index contributed by atoms with van der Waals surface area (Å²) >= 11 is 12.1. The Balaban J connectivity index is 2.03. The minimum atomic E-state index is -0.328. The molecule has 1 atom stereocenters. The molecule has 1 aliphatic rings. The molecule has 0 aliphatic carbocycles. The van der Waals surface area contributed by atoms with Crippen LogP contribution in [0.1, 0.15) is 18.5 Å². The molecule has 1 heterocycles. The van der Waals surface area contributed by atoms with Gasteiger partial charge in [0, 0.05) is 29.2 Å². The average Bonchev–Trinajstić information content (AvgIpc) is 2.84. The van der Waals surface area contributed by atoms with Crippen LogP contribution in [0.5, 0.6) is 0 Å². The first-order chi connectivity index (χ1) is 9.90. The third-order valence-electron chi connectivity index (χ3n) is 3.62. The number of urea groups is 1. The SMILES string of the molecule is C[C@H](c1ccc(Cl)cc1Cl)N(C)CC(=O)N1CCNC1=O. The Morgan fingerprint density at radius 2 is 2.19 bits per heavy atom. The minimum absolute atomic E-state index is 0.0654. The molecule has 1 aromatic rings. The van der Waals surface area contributed by atoms with Crippen LogP contribution >= 0.6 is 23.2 Å². The van der Waals surface area contributed by atoms with Crippen molar-refractivity contribution < 1.29 is 9.59 Å². The lowest BCUT2D eigenvalue weighted by Crippen LogP contribution is -2.41. The van der Waals surface area contributed by atoms with Gasteiger partial charge < -0.3 is 5.32 Å². The van der Waals surface area contributed by atoms with Crippen LogP contribution in [0.3, 0.4) is 0 Å². The van der Waals surface area contributed by atoms with E-state index >= 15 is 0 Å². The van der Waals surface area contributed by atoms with E-state index in [-0.39, 0.29) is 24.5 Å². The fourth-order valence-corrected chi connectivity index (χ4v) is 2.79. The van der Waals surface area contributed by atoms with E-state index in [0.717, 1.165) is 5.56 Å². The highest BCUT2D eigenvalue weighted by molar-refractivity contribution is 6.35. The van der Waals surface area contributed by atoms with E-state index in [9.17, 15) is 9.59 Å². The molecule has 21 heavy (non-hydrogen) atoms. The van der Waals surface area contributed by atoms with Crippen molar-refractivity contribution in [3.63, 3.8) is 0 Å². The molecule has 7 heteroatoms. The standard InChI is InChI=1S/C14H17Cl2N3O2/c1-9(11-4-3-10(15)7-12(11)16)18(2)8-13(20)19-6-5-17-14(19)21/h3-4,7,9H,5-6,8H2,1-2H3,(H,17,21)/t9-/m1/s1. The predicted octanol–water partition coefficient (Wildman–Crippen LogP) is 2.54. The molecule has 2 rings (SSSR count). The molecule has 0 unspecified atom stereocenters. The number of likely N-dealkylation sites (N-methyl/N-ethyl adjacent to an activating group) is 1. The lowest BCUT2D eigenvalue weighted by atomic mass is 10.1. The molecule has 0 aromatic heterocycles. The first kappa shape index (κ1) is 16.1. The van der Waals surface area contributed by atoms with Crippen molar-refractivity contribution >= 4 is 35.1 Å². The van der Waals surface area contributed by atoms with Gasteiger partial charge in [-0.1, -0.05) is 29.3 Å². The van der Waals surface area contributed by atoms with Crippen LogP contribution in [0.25, 0.3) is 0 Å². The lowest BCUT2D eigenvalue weighted by molar-refractivity contribution is -0.128. The van der Waals surface area contributed by atoms with Gasteiger partial charge in [0.05, 0.1) is 6.54 Å². The highest BCUT2D eigenvalue weighted by Crippen LogP contribution is 2.28. The highest BCUT2D eigenvalue weighted by atomic mass is 35.5. The maximum absolute atomic E-state index is 12.1. The van der Waals surface area contributed by atoms with Gasteiger partial charge in [-0.15, -0.1) is 0 Å². The van der Waals surface area contributed by atoms with Crippen molar-refractivity contribution in [3.05, 3.63) is 33.8 Å². The van der Waals surface area contributed by atoms with Gasteiger partial charge in [0.25, 0.3) is 0 Å². The molecule has 1 N–H and O–H groups in total. The summed E-state index contributed by atoms with van der Waals surface area (Å²) in [6.07, 6.45) is 0. The Labute approximate surface area is 133 Å². The van der Waals surface area contributed by atoms with Crippen molar-refractivity contribution in [2.75, 3.05) is 26.7 Å². The number of carbonyl (C=O) groups is 2. The van der Waals surface area contributed by atoms with E-state index in [4.69, 9.17) is 23.2 Å². The third kappa shape index (κ3) is 3.67. The van der Waals surface area contributed by atoms with Crippen LogP contribution in [0.4, 0.5) is 4.79 Å². The van der Waals surface area contributed by atoms with Gasteiger partial charge in [-0.05, 0) is 31.7 Å². The summed E-state index contributed by atoms with van der Waals surface area (Å²) in [6.45, 7) is 3.02. The number of halogens is 2. The Kier molecular flexibility index (Phi) is 5.08. The number of rotatable bonds is 4. The van der Waals surface area contributed by atoms with Gasteiger partial charge in [-0.3, -0.25) is 14.6 Å². The fourth-order valence-electron chi connectivity index (χ4n) is 2.22. The van der Waals surface area contributed by atoms with Gasteiger partial charge in [0.2, 0.25) is 5.91 Å². The zero-order chi connectivity index (χ0) is 15.6. The van der Waals surface area contributed by atoms with Crippen LogP contribution in [-0.4, -0.2) is 48.4 Å². The summed E-state index contributed by atoms with van der Waals surface area (Å²) in [5.74, 6) is -0.218. The van der Waals surface area contributed by atoms with E-state index < -0.39 is 0 Å². The number of hydrogen-bond acceptors (Lipinski definition) is 3. The van der Waals surface area contributed by atoms with Gasteiger partial charge >= 0.3 is 6.03 Å². The molecule has 1 saturated heterocycles. The van der Waals surface area contributed by atoms with Crippen molar-refractivity contribution in [2.24, 2.45) is 0 Å². The Morgan fingerprint density at radius 1 is 1.48 bits per heavy atom. The monoisotopic (exact) mass is 329 g/mol. The Morgan fingerprint density at radius 3 is 2.76 bits per heavy atom. The summed E-state index contributed by atoms with van der Waals surface area (Å²) in [7, 11) is 1.82. The number of amides is 3. The fraction of sp³-hybridized carbons (Fsp3) is 0.429. The van der Waals surface area contributed by atoms with Gasteiger partial charge in [-0.25, -0.2) is 4.79 Å². The van der Waals surface area contributed by atoms with Crippen LogP contribution in [0.2, 0.25) is 10.0 Å². The first-order valence-corrected chi connectivity index (χ1v) is 7.39. The summed E-state index contributed by atoms with van der Waals surface area (Å²) in [5, 5.41) is 3.75. The third-order valence-corrected chi connectivity index (χ3v) is 4.18. The van der Waals surface area contributed by atoms with E-state index in [1.807, 2.05) is 24.9 Å². The van der Waals surface area contributed by atoms with Crippen molar-refractivity contribution in [1.29, 1.82) is 0 Å². The molecule has 114 valence electrons. The molecule has 0 saturated carbocycles. The molecule has 0 bridgehead atoms. The smallest absolute Gasteiger partial charge is 0.324 e. The van der Waals surface area contributed by atoms with E-state index in [0.29, 0.717) is 23.1 Å². The summed E-state index contributed by atoms with van der Waals surface area (Å²) in [4.78, 5) is 26.7. The number of nitrogens with zero attached hydrogens (tertiary/aromatic N) is 2. The first-order valence-electron chi connectivity index (χ1n) is 6.63. The zero-order valence-electron chi connectivity index (χ0n) is 11.9. The summed E-state index contributed by atoms with van der Waals surface area (Å²) in [5.41, 5.74) is 0.891. The summed E-state index contributed by atoms with van der Waals surface area (Å²) in [6, 6.07) is 4.90. The maximum atomic E-state index is 12.1. The normalized spacial score (nSPS) is 16.2. The molecule has 0 radical (unpaired) electrons. The quantitative estimate of drug-likeness (QED) is 0.923. The number of imide groups is 1. The van der Waals surface area contributed by atoms with E-state index in [1.165, 1.54) is 4.90 Å². The highest BCUT2D eigenvalue weighted by Gasteiger charge is 2.28. The topological polar surface area (TPSA) is 52.7 Å². The van der Waals surface area contributed by atoms with Crippen LogP contribution in [-0.2, 0) is 4.79 Å². The molecule has 1 aromatic carbocycles. The molecular weight excluding hydrogens is 313 g/mol. The predicted molar refractivity (Wildman–Crippen MR) is 82.6 cm³/mol.